The van der Waals surface area contributed by atoms with Gasteiger partial charge in [-0.3, -0.25) is 4.79 Å². The van der Waals surface area contributed by atoms with Crippen LogP contribution in [0.4, 0.5) is 4.39 Å². The fourth-order valence-electron chi connectivity index (χ4n) is 4.22. The molecule has 0 unspecified atom stereocenters. The van der Waals surface area contributed by atoms with Crippen LogP contribution in [0.25, 0.3) is 0 Å². The average molecular weight is 362 g/mol. The first-order chi connectivity index (χ1) is 12.6. The SMILES string of the molecule is CC[C@H]1CC[C@H](C(=O)OC2CCC(CC/C=C/C=C(F)C#N)CC2)CC1. The third-order valence-corrected chi connectivity index (χ3v) is 6.06. The molecule has 4 heteroatoms. The number of hydrogen-bond donors (Lipinski definition) is 0. The van der Waals surface area contributed by atoms with Crippen LogP contribution in [-0.2, 0) is 9.53 Å². The summed E-state index contributed by atoms with van der Waals surface area (Å²) in [7, 11) is 0. The average Bonchev–Trinajstić information content (AvgIpc) is 2.68. The molecule has 0 saturated heterocycles. The van der Waals surface area contributed by atoms with Crippen molar-refractivity contribution >= 4 is 5.97 Å². The van der Waals surface area contributed by atoms with E-state index >= 15 is 0 Å². The van der Waals surface area contributed by atoms with E-state index in [1.807, 2.05) is 6.08 Å². The van der Waals surface area contributed by atoms with Crippen LogP contribution in [0.2, 0.25) is 0 Å². The molecule has 0 aromatic heterocycles. The minimum atomic E-state index is -0.758. The zero-order valence-electron chi connectivity index (χ0n) is 16.0. The number of carbonyl (C=O) groups excluding carboxylic acids is 1. The second kappa shape index (κ2) is 11.2. The molecule has 0 amide bonds. The maximum Gasteiger partial charge on any atom is 0.309 e. The summed E-state index contributed by atoms with van der Waals surface area (Å²) in [6, 6.07) is 1.46. The first kappa shape index (κ1) is 20.7. The highest BCUT2D eigenvalue weighted by Crippen LogP contribution is 2.34. The predicted octanol–water partition coefficient (Wildman–Crippen LogP) is 6.02. The number of halogens is 1. The van der Waals surface area contributed by atoms with Gasteiger partial charge in [-0.1, -0.05) is 25.5 Å². The molecule has 2 fully saturated rings. The Bertz CT molecular complexity index is 533. The van der Waals surface area contributed by atoms with E-state index in [-0.39, 0.29) is 18.0 Å². The first-order valence-corrected chi connectivity index (χ1v) is 10.2. The van der Waals surface area contributed by atoms with Gasteiger partial charge in [0.2, 0.25) is 0 Å². The quantitative estimate of drug-likeness (QED) is 0.316. The Balaban J connectivity index is 1.61. The summed E-state index contributed by atoms with van der Waals surface area (Å²) < 4.78 is 18.4. The summed E-state index contributed by atoms with van der Waals surface area (Å²) in [5.41, 5.74) is 0. The molecule has 2 aliphatic carbocycles. The normalized spacial score (nSPS) is 30.1. The van der Waals surface area contributed by atoms with Crippen LogP contribution < -0.4 is 0 Å². The smallest absolute Gasteiger partial charge is 0.309 e. The molecule has 0 heterocycles. The summed E-state index contributed by atoms with van der Waals surface area (Å²) >= 11 is 0. The van der Waals surface area contributed by atoms with Crippen molar-refractivity contribution in [1.29, 1.82) is 5.26 Å². The van der Waals surface area contributed by atoms with Crippen LogP contribution in [0, 0.1) is 29.1 Å². The van der Waals surface area contributed by atoms with E-state index < -0.39 is 5.83 Å². The number of esters is 1. The highest BCUT2D eigenvalue weighted by molar-refractivity contribution is 5.72. The van der Waals surface area contributed by atoms with E-state index in [2.05, 4.69) is 6.92 Å². The van der Waals surface area contributed by atoms with Crippen molar-refractivity contribution in [2.45, 2.75) is 83.7 Å². The second-order valence-corrected chi connectivity index (χ2v) is 7.84. The molecule has 0 bridgehead atoms. The van der Waals surface area contributed by atoms with Gasteiger partial charge in [0, 0.05) is 0 Å². The second-order valence-electron chi connectivity index (χ2n) is 7.84. The zero-order chi connectivity index (χ0) is 18.8. The van der Waals surface area contributed by atoms with Crippen LogP contribution in [0.3, 0.4) is 0 Å². The lowest BCUT2D eigenvalue weighted by Gasteiger charge is -2.31. The summed E-state index contributed by atoms with van der Waals surface area (Å²) in [5.74, 6) is 0.862. The molecule has 0 aromatic rings. The van der Waals surface area contributed by atoms with E-state index in [1.165, 1.54) is 31.4 Å². The Kier molecular flexibility index (Phi) is 8.88. The number of rotatable bonds is 7. The number of carbonyl (C=O) groups is 1. The van der Waals surface area contributed by atoms with Crippen LogP contribution in [-0.4, -0.2) is 12.1 Å². The molecule has 2 saturated carbocycles. The number of hydrogen-bond acceptors (Lipinski definition) is 3. The van der Waals surface area contributed by atoms with Gasteiger partial charge in [-0.05, 0) is 82.1 Å². The zero-order valence-corrected chi connectivity index (χ0v) is 16.0. The fourth-order valence-corrected chi connectivity index (χ4v) is 4.22. The lowest BCUT2D eigenvalue weighted by molar-refractivity contribution is -0.157. The first-order valence-electron chi connectivity index (χ1n) is 10.2. The van der Waals surface area contributed by atoms with E-state index in [0.717, 1.165) is 57.3 Å². The van der Waals surface area contributed by atoms with Crippen molar-refractivity contribution in [1.82, 2.24) is 0 Å². The molecule has 0 atom stereocenters. The highest BCUT2D eigenvalue weighted by atomic mass is 19.1. The van der Waals surface area contributed by atoms with Gasteiger partial charge in [0.05, 0.1) is 5.92 Å². The van der Waals surface area contributed by atoms with E-state index in [1.54, 1.807) is 6.08 Å². The van der Waals surface area contributed by atoms with Crippen molar-refractivity contribution in [2.75, 3.05) is 0 Å². The molecule has 0 N–H and O–H groups in total. The van der Waals surface area contributed by atoms with Crippen molar-refractivity contribution in [3.05, 3.63) is 24.1 Å². The molecule has 144 valence electrons. The third kappa shape index (κ3) is 6.94. The summed E-state index contributed by atoms with van der Waals surface area (Å²) in [6.45, 7) is 2.23. The van der Waals surface area contributed by atoms with Gasteiger partial charge in [0.15, 0.2) is 5.83 Å². The lowest BCUT2D eigenvalue weighted by atomic mass is 9.80. The van der Waals surface area contributed by atoms with Crippen LogP contribution in [0.15, 0.2) is 24.1 Å². The van der Waals surface area contributed by atoms with Gasteiger partial charge >= 0.3 is 5.97 Å². The van der Waals surface area contributed by atoms with Gasteiger partial charge in [0.25, 0.3) is 0 Å². The van der Waals surface area contributed by atoms with Crippen molar-refractivity contribution in [3.63, 3.8) is 0 Å². The summed E-state index contributed by atoms with van der Waals surface area (Å²) in [6.07, 6.45) is 16.5. The van der Waals surface area contributed by atoms with Gasteiger partial charge in [-0.15, -0.1) is 0 Å². The molecule has 26 heavy (non-hydrogen) atoms. The largest absolute Gasteiger partial charge is 0.462 e. The topological polar surface area (TPSA) is 50.1 Å². The van der Waals surface area contributed by atoms with E-state index in [4.69, 9.17) is 10.00 Å². The van der Waals surface area contributed by atoms with Crippen LogP contribution >= 0.6 is 0 Å². The van der Waals surface area contributed by atoms with Gasteiger partial charge in [-0.2, -0.15) is 9.65 Å². The van der Waals surface area contributed by atoms with Crippen LogP contribution in [0.5, 0.6) is 0 Å². The molecular formula is C22H32FNO2. The van der Waals surface area contributed by atoms with E-state index in [9.17, 15) is 9.18 Å². The lowest BCUT2D eigenvalue weighted by Crippen LogP contribution is -2.30. The maximum absolute atomic E-state index is 12.6. The maximum atomic E-state index is 12.6. The highest BCUT2D eigenvalue weighted by Gasteiger charge is 2.30. The van der Waals surface area contributed by atoms with Crippen molar-refractivity contribution in [2.24, 2.45) is 17.8 Å². The predicted molar refractivity (Wildman–Crippen MR) is 101 cm³/mol. The molecule has 3 nitrogen and oxygen atoms in total. The molecular weight excluding hydrogens is 329 g/mol. The number of nitriles is 1. The van der Waals surface area contributed by atoms with Gasteiger partial charge < -0.3 is 4.74 Å². The van der Waals surface area contributed by atoms with Crippen LogP contribution in [0.1, 0.15) is 77.6 Å². The summed E-state index contributed by atoms with van der Waals surface area (Å²) in [5, 5.41) is 8.33. The number of ether oxygens (including phenoxy) is 1. The Hall–Kier alpha value is -1.63. The minimum Gasteiger partial charge on any atom is -0.462 e. The number of allylic oxidation sites excluding steroid dienone is 4. The van der Waals surface area contributed by atoms with Gasteiger partial charge in [0.1, 0.15) is 12.2 Å². The molecule has 2 aliphatic rings. The van der Waals surface area contributed by atoms with E-state index in [0.29, 0.717) is 5.92 Å². The standard InChI is InChI=1S/C22H32FNO2/c1-2-17-8-12-19(13-9-17)22(25)26-21-14-10-18(11-15-21)6-4-3-5-7-20(23)16-24/h3,5,7,17-19,21H,2,4,6,8-15H2,1H3/b5-3+,20-7?/t17-,18?,19-,21?. The molecule has 2 rings (SSSR count). The van der Waals surface area contributed by atoms with Crippen molar-refractivity contribution in [3.8, 4) is 6.07 Å². The fraction of sp³-hybridized carbons (Fsp3) is 0.727. The Morgan fingerprint density at radius 2 is 1.77 bits per heavy atom. The molecule has 0 aromatic carbocycles. The third-order valence-electron chi connectivity index (χ3n) is 6.06. The molecule has 0 radical (unpaired) electrons. The van der Waals surface area contributed by atoms with Crippen molar-refractivity contribution < 1.29 is 13.9 Å². The monoisotopic (exact) mass is 361 g/mol. The Morgan fingerprint density at radius 1 is 1.12 bits per heavy atom. The molecule has 0 spiro atoms. The minimum absolute atomic E-state index is 0.0391. The Morgan fingerprint density at radius 3 is 2.38 bits per heavy atom. The van der Waals surface area contributed by atoms with Gasteiger partial charge in [-0.25, -0.2) is 0 Å². The Labute approximate surface area is 157 Å². The number of nitrogens with zero attached hydrogens (tertiary/aromatic N) is 1. The summed E-state index contributed by atoms with van der Waals surface area (Å²) in [4.78, 5) is 12.4. The molecule has 0 aliphatic heterocycles.